The third-order valence-electron chi connectivity index (χ3n) is 0. The Kier molecular flexibility index (Phi) is 83.2. The van der Waals surface area contributed by atoms with Gasteiger partial charge in [0.1, 0.15) is 0 Å². The predicted molar refractivity (Wildman–Crippen MR) is 30.2 cm³/mol. The second-order valence-electron chi connectivity index (χ2n) is 0.224. The number of thiol groups is 1. The van der Waals surface area contributed by atoms with Crippen LogP contribution in [0, 0.1) is 13.8 Å². The average Bonchev–Trinajstić information content (AvgIpc) is 1.46. The van der Waals surface area contributed by atoms with Gasteiger partial charge in [-0.2, -0.15) is 6.92 Å². The molecule has 6 heavy (non-hydrogen) atoms. The minimum atomic E-state index is 0. The molecule has 0 atom stereocenters. The van der Waals surface area contributed by atoms with E-state index in [-0.39, 0.29) is 32.7 Å². The van der Waals surface area contributed by atoms with E-state index in [1.54, 1.807) is 6.92 Å². The molecule has 0 aromatic carbocycles. The second kappa shape index (κ2) is 31.9. The van der Waals surface area contributed by atoms with Crippen LogP contribution in [0.25, 0.3) is 0 Å². The summed E-state index contributed by atoms with van der Waals surface area (Å²) in [6.45, 7) is 8.35. The summed E-state index contributed by atoms with van der Waals surface area (Å²) in [5.41, 5.74) is 0. The van der Waals surface area contributed by atoms with Gasteiger partial charge < -0.3 is 13.8 Å². The van der Waals surface area contributed by atoms with Crippen molar-refractivity contribution in [2.45, 2.75) is 6.92 Å². The fraction of sp³-hybridized carbons (Fsp3) is 0.500. The Morgan fingerprint density at radius 2 is 1.50 bits per heavy atom. The van der Waals surface area contributed by atoms with Gasteiger partial charge in [-0.05, 0) is 0 Å². The van der Waals surface area contributed by atoms with Gasteiger partial charge in [-0.15, -0.1) is 5.75 Å². The van der Waals surface area contributed by atoms with Crippen LogP contribution in [0.15, 0.2) is 0 Å². The van der Waals surface area contributed by atoms with Gasteiger partial charge in [0.15, 0.2) is 0 Å². The first kappa shape index (κ1) is 15.7. The van der Waals surface area contributed by atoms with E-state index in [1.807, 2.05) is 0 Å². The fourth-order valence-electron chi connectivity index (χ4n) is 0. The minimum absolute atomic E-state index is 0. The molecule has 0 aliphatic carbocycles. The van der Waals surface area contributed by atoms with Crippen LogP contribution in [0.3, 0.4) is 0 Å². The van der Waals surface area contributed by atoms with Crippen molar-refractivity contribution in [2.75, 3.05) is 5.75 Å². The van der Waals surface area contributed by atoms with Crippen LogP contribution in [-0.2, 0) is 32.7 Å². The van der Waals surface area contributed by atoms with Crippen molar-refractivity contribution in [1.29, 1.82) is 0 Å². The Morgan fingerprint density at radius 1 is 1.50 bits per heavy atom. The van der Waals surface area contributed by atoms with Gasteiger partial charge in [0.2, 0.25) is 0 Å². The van der Waals surface area contributed by atoms with Crippen LogP contribution < -0.4 is 0 Å². The molecule has 0 saturated heterocycles. The quantitative estimate of drug-likeness (QED) is 0.423. The van der Waals surface area contributed by atoms with E-state index in [2.05, 4.69) is 26.5 Å². The van der Waals surface area contributed by atoms with Gasteiger partial charge in [-0.25, -0.2) is 12.6 Å². The van der Waals surface area contributed by atoms with Gasteiger partial charge >= 0.3 is 0 Å². The van der Waals surface area contributed by atoms with E-state index in [0.717, 1.165) is 0 Å². The fourth-order valence-corrected chi connectivity index (χ4v) is 0. The van der Waals surface area contributed by atoms with Crippen molar-refractivity contribution in [1.82, 2.24) is 0 Å². The average molecular weight is 179 g/mol. The Bertz CT molecular complexity index is 7.51. The van der Waals surface area contributed by atoms with Crippen molar-refractivity contribution in [2.24, 2.45) is 0 Å². The molecule has 0 amide bonds. The zero-order valence-corrected chi connectivity index (χ0v) is 7.88. The van der Waals surface area contributed by atoms with E-state index < -0.39 is 0 Å². The van der Waals surface area contributed by atoms with Crippen molar-refractivity contribution >= 4 is 12.6 Å². The molecular formula is C4H10SY-2. The van der Waals surface area contributed by atoms with Crippen LogP contribution in [0.1, 0.15) is 6.92 Å². The molecule has 0 rings (SSSR count). The summed E-state index contributed by atoms with van der Waals surface area (Å²) in [5.74, 6) is 0.694. The molecule has 0 aromatic heterocycles. The molecule has 0 fully saturated rings. The van der Waals surface area contributed by atoms with Gasteiger partial charge in [-0.1, -0.05) is 0 Å². The monoisotopic (exact) mass is 179 g/mol. The smallest absolute Gasteiger partial charge is 0 e. The summed E-state index contributed by atoms with van der Waals surface area (Å²) in [5, 5.41) is 0. The van der Waals surface area contributed by atoms with Gasteiger partial charge in [-0.3, -0.25) is 0 Å². The predicted octanol–water partition coefficient (Wildman–Crippen LogP) is 1.59. The van der Waals surface area contributed by atoms with Crippen molar-refractivity contribution < 1.29 is 32.7 Å². The third-order valence-corrected chi connectivity index (χ3v) is 0. The Balaban J connectivity index is -0.0000000275. The minimum Gasteiger partial charge on any atom is -0.346 e. The summed E-state index contributed by atoms with van der Waals surface area (Å²) in [7, 11) is 0. The molecule has 0 aliphatic rings. The SMILES string of the molecule is [CH2-]C.[CH2-]CS.[Y]. The standard InChI is InChI=1S/C2H5S.C2H5.Y/c1-2-3;1-2;/h3H,1-2H2;1H2,2H3;/q2*-1;. The zero-order valence-electron chi connectivity index (χ0n) is 4.15. The third kappa shape index (κ3) is 51.2. The molecule has 1 radical (unpaired) electrons. The first-order valence-corrected chi connectivity index (χ1v) is 2.16. The normalized spacial score (nSPS) is 4.00. The Morgan fingerprint density at radius 3 is 1.50 bits per heavy atom. The van der Waals surface area contributed by atoms with E-state index in [9.17, 15) is 0 Å². The molecule has 0 spiro atoms. The van der Waals surface area contributed by atoms with Crippen molar-refractivity contribution in [3.05, 3.63) is 13.8 Å². The summed E-state index contributed by atoms with van der Waals surface area (Å²) in [6, 6.07) is 0. The molecular weight excluding hydrogens is 169 g/mol. The maximum absolute atomic E-state index is 3.68. The molecule has 0 saturated carbocycles. The van der Waals surface area contributed by atoms with E-state index >= 15 is 0 Å². The van der Waals surface area contributed by atoms with E-state index in [1.165, 1.54) is 0 Å². The number of hydrogen-bond acceptors (Lipinski definition) is 1. The second-order valence-corrected chi connectivity index (χ2v) is 0.671. The molecule has 0 unspecified atom stereocenters. The molecule has 0 aromatic rings. The van der Waals surface area contributed by atoms with Gasteiger partial charge in [0, 0.05) is 32.7 Å². The topological polar surface area (TPSA) is 0 Å². The maximum Gasteiger partial charge on any atom is 0 e. The molecule has 0 aliphatic heterocycles. The van der Waals surface area contributed by atoms with Crippen molar-refractivity contribution in [3.8, 4) is 0 Å². The number of rotatable bonds is 0. The molecule has 37 valence electrons. The number of hydrogen-bond donors (Lipinski definition) is 1. The Hall–Kier alpha value is 1.45. The first-order chi connectivity index (χ1) is 2.41. The zero-order chi connectivity index (χ0) is 4.71. The summed E-state index contributed by atoms with van der Waals surface area (Å²) < 4.78 is 0. The summed E-state index contributed by atoms with van der Waals surface area (Å²) in [4.78, 5) is 0. The van der Waals surface area contributed by atoms with E-state index in [0.29, 0.717) is 5.75 Å². The van der Waals surface area contributed by atoms with Crippen LogP contribution in [0.4, 0.5) is 0 Å². The largest absolute Gasteiger partial charge is 0.346 e. The summed E-state index contributed by atoms with van der Waals surface area (Å²) >= 11 is 3.68. The molecule has 2 heteroatoms. The summed E-state index contributed by atoms with van der Waals surface area (Å²) in [6.07, 6.45) is 0. The molecule has 0 bridgehead atoms. The maximum atomic E-state index is 3.68. The van der Waals surface area contributed by atoms with Crippen LogP contribution in [-0.4, -0.2) is 5.75 Å². The first-order valence-electron chi connectivity index (χ1n) is 1.52. The molecule has 0 nitrogen and oxygen atoms in total. The molecule has 0 N–H and O–H groups in total. The van der Waals surface area contributed by atoms with E-state index in [4.69, 9.17) is 0 Å². The Labute approximate surface area is 71.4 Å². The van der Waals surface area contributed by atoms with Gasteiger partial charge in [0.25, 0.3) is 0 Å². The van der Waals surface area contributed by atoms with Crippen LogP contribution in [0.5, 0.6) is 0 Å². The van der Waals surface area contributed by atoms with Crippen molar-refractivity contribution in [3.63, 3.8) is 0 Å². The van der Waals surface area contributed by atoms with Gasteiger partial charge in [0.05, 0.1) is 0 Å². The van der Waals surface area contributed by atoms with Crippen LogP contribution >= 0.6 is 12.6 Å². The van der Waals surface area contributed by atoms with Crippen LogP contribution in [0.2, 0.25) is 0 Å². The molecule has 0 heterocycles.